The molecule has 1 atom stereocenters. The number of esters is 1. The molecule has 1 aromatic carbocycles. The van der Waals surface area contributed by atoms with Gasteiger partial charge in [0, 0.05) is 4.47 Å². The summed E-state index contributed by atoms with van der Waals surface area (Å²) in [6.45, 7) is 6.09. The fraction of sp³-hybridized carbons (Fsp3) is 0.467. The molecule has 6 heteroatoms. The molecule has 0 fully saturated rings. The third-order valence-corrected chi connectivity index (χ3v) is 3.46. The van der Waals surface area contributed by atoms with Crippen molar-refractivity contribution in [3.05, 3.63) is 28.2 Å². The highest BCUT2D eigenvalue weighted by molar-refractivity contribution is 9.10. The molecule has 1 amide bonds. The molecule has 0 bridgehead atoms. The van der Waals surface area contributed by atoms with E-state index in [2.05, 4.69) is 21.2 Å². The Bertz CT molecular complexity index is 518. The molecule has 21 heavy (non-hydrogen) atoms. The Balaban J connectivity index is 2.77. The number of hydrogen-bond donors (Lipinski definition) is 2. The smallest absolute Gasteiger partial charge is 0.338 e. The predicted molar refractivity (Wildman–Crippen MR) is 86.2 cm³/mol. The minimum absolute atomic E-state index is 0.242. The van der Waals surface area contributed by atoms with Crippen molar-refractivity contribution in [2.75, 3.05) is 11.9 Å². The molecular formula is C15H21BrN2O3. The van der Waals surface area contributed by atoms with E-state index in [0.717, 1.165) is 0 Å². The van der Waals surface area contributed by atoms with Gasteiger partial charge in [0.05, 0.1) is 23.9 Å². The Morgan fingerprint density at radius 3 is 2.57 bits per heavy atom. The summed E-state index contributed by atoms with van der Waals surface area (Å²) in [7, 11) is 0. The van der Waals surface area contributed by atoms with Crippen LogP contribution in [-0.2, 0) is 9.53 Å². The third kappa shape index (κ3) is 5.47. The predicted octanol–water partition coefficient (Wildman–Crippen LogP) is 2.94. The van der Waals surface area contributed by atoms with Gasteiger partial charge in [0.1, 0.15) is 0 Å². The number of anilines is 1. The van der Waals surface area contributed by atoms with Crippen LogP contribution in [0.1, 0.15) is 37.6 Å². The summed E-state index contributed by atoms with van der Waals surface area (Å²) in [4.78, 5) is 23.6. The molecule has 0 heterocycles. The maximum atomic E-state index is 12.0. The molecule has 0 radical (unpaired) electrons. The van der Waals surface area contributed by atoms with Crippen LogP contribution in [0.5, 0.6) is 0 Å². The third-order valence-electron chi connectivity index (χ3n) is 2.80. The Kier molecular flexibility index (Phi) is 6.84. The molecule has 0 aliphatic carbocycles. The van der Waals surface area contributed by atoms with E-state index in [-0.39, 0.29) is 5.91 Å². The van der Waals surface area contributed by atoms with E-state index in [4.69, 9.17) is 10.5 Å². The zero-order valence-electron chi connectivity index (χ0n) is 12.5. The normalized spacial score (nSPS) is 12.1. The second-order valence-electron chi connectivity index (χ2n) is 5.14. The van der Waals surface area contributed by atoms with Gasteiger partial charge < -0.3 is 15.8 Å². The van der Waals surface area contributed by atoms with Gasteiger partial charge in [-0.1, -0.05) is 13.8 Å². The Morgan fingerprint density at radius 1 is 1.38 bits per heavy atom. The van der Waals surface area contributed by atoms with Gasteiger partial charge in [0.15, 0.2) is 0 Å². The highest BCUT2D eigenvalue weighted by Gasteiger charge is 2.17. The van der Waals surface area contributed by atoms with Gasteiger partial charge >= 0.3 is 5.97 Å². The molecular weight excluding hydrogens is 336 g/mol. The number of carbonyl (C=O) groups excluding carboxylic acids is 2. The molecule has 3 N–H and O–H groups in total. The maximum Gasteiger partial charge on any atom is 0.338 e. The lowest BCUT2D eigenvalue weighted by Gasteiger charge is -2.15. The highest BCUT2D eigenvalue weighted by Crippen LogP contribution is 2.24. The van der Waals surface area contributed by atoms with Gasteiger partial charge in [0.25, 0.3) is 0 Å². The number of ether oxygens (including phenoxy) is 1. The summed E-state index contributed by atoms with van der Waals surface area (Å²) >= 11 is 3.33. The van der Waals surface area contributed by atoms with Crippen molar-refractivity contribution in [3.8, 4) is 0 Å². The average molecular weight is 357 g/mol. The first-order valence-electron chi connectivity index (χ1n) is 6.88. The highest BCUT2D eigenvalue weighted by atomic mass is 79.9. The van der Waals surface area contributed by atoms with E-state index in [1.54, 1.807) is 25.1 Å². The summed E-state index contributed by atoms with van der Waals surface area (Å²) in [5.74, 6) is -0.291. The summed E-state index contributed by atoms with van der Waals surface area (Å²) in [6, 6.07) is 4.31. The molecule has 0 aromatic heterocycles. The topological polar surface area (TPSA) is 81.4 Å². The largest absolute Gasteiger partial charge is 0.462 e. The van der Waals surface area contributed by atoms with Crippen LogP contribution in [0.4, 0.5) is 5.69 Å². The monoisotopic (exact) mass is 356 g/mol. The molecule has 1 aromatic rings. The second-order valence-corrected chi connectivity index (χ2v) is 5.99. The van der Waals surface area contributed by atoms with E-state index in [1.165, 1.54) is 0 Å². The zero-order chi connectivity index (χ0) is 16.0. The van der Waals surface area contributed by atoms with Gasteiger partial charge in [-0.3, -0.25) is 4.79 Å². The first-order valence-corrected chi connectivity index (χ1v) is 7.67. The molecule has 0 unspecified atom stereocenters. The number of nitrogens with two attached hydrogens (primary N) is 1. The Morgan fingerprint density at radius 2 is 2.05 bits per heavy atom. The van der Waals surface area contributed by atoms with Crippen molar-refractivity contribution < 1.29 is 14.3 Å². The molecule has 0 aliphatic heterocycles. The van der Waals surface area contributed by atoms with Gasteiger partial charge in [-0.05, 0) is 53.4 Å². The van der Waals surface area contributed by atoms with E-state index >= 15 is 0 Å². The first-order chi connectivity index (χ1) is 9.85. The van der Waals surface area contributed by atoms with Gasteiger partial charge in [-0.2, -0.15) is 0 Å². The van der Waals surface area contributed by atoms with Crippen molar-refractivity contribution >= 4 is 33.5 Å². The minimum atomic E-state index is -0.554. The van der Waals surface area contributed by atoms with Gasteiger partial charge in [-0.25, -0.2) is 4.79 Å². The lowest BCUT2D eigenvalue weighted by atomic mass is 10.0. The van der Waals surface area contributed by atoms with Crippen molar-refractivity contribution in [2.45, 2.75) is 33.2 Å². The van der Waals surface area contributed by atoms with E-state index in [1.807, 2.05) is 13.8 Å². The van der Waals surface area contributed by atoms with Crippen LogP contribution >= 0.6 is 15.9 Å². The van der Waals surface area contributed by atoms with Gasteiger partial charge in [-0.15, -0.1) is 0 Å². The Hall–Kier alpha value is -1.40. The molecule has 5 nitrogen and oxygen atoms in total. The van der Waals surface area contributed by atoms with E-state index < -0.39 is 12.0 Å². The lowest BCUT2D eigenvalue weighted by molar-refractivity contribution is -0.117. The SMILES string of the molecule is CCOC(=O)c1ccc(NC(=O)[C@H](N)CC(C)C)c(Br)c1. The number of nitrogens with one attached hydrogen (secondary N) is 1. The quantitative estimate of drug-likeness (QED) is 0.767. The number of halogens is 1. The van der Waals surface area contributed by atoms with Crippen LogP contribution in [0.2, 0.25) is 0 Å². The molecule has 0 spiro atoms. The zero-order valence-corrected chi connectivity index (χ0v) is 14.1. The fourth-order valence-electron chi connectivity index (χ4n) is 1.80. The first kappa shape index (κ1) is 17.7. The minimum Gasteiger partial charge on any atom is -0.462 e. The average Bonchev–Trinajstić information content (AvgIpc) is 2.40. The summed E-state index contributed by atoms with van der Waals surface area (Å²) < 4.78 is 5.53. The number of hydrogen-bond acceptors (Lipinski definition) is 4. The fourth-order valence-corrected chi connectivity index (χ4v) is 2.28. The van der Waals surface area contributed by atoms with Crippen LogP contribution in [0.25, 0.3) is 0 Å². The van der Waals surface area contributed by atoms with E-state index in [9.17, 15) is 9.59 Å². The molecule has 1 rings (SSSR count). The van der Waals surface area contributed by atoms with Crippen LogP contribution in [-0.4, -0.2) is 24.5 Å². The standard InChI is InChI=1S/C15H21BrN2O3/c1-4-21-15(20)10-5-6-13(11(16)8-10)18-14(19)12(17)7-9(2)3/h5-6,8-9,12H,4,7,17H2,1-3H3,(H,18,19)/t12-/m1/s1. The summed E-state index contributed by atoms with van der Waals surface area (Å²) in [5, 5.41) is 2.75. The van der Waals surface area contributed by atoms with Gasteiger partial charge in [0.2, 0.25) is 5.91 Å². The van der Waals surface area contributed by atoms with Crippen molar-refractivity contribution in [1.29, 1.82) is 0 Å². The van der Waals surface area contributed by atoms with Crippen LogP contribution in [0.15, 0.2) is 22.7 Å². The molecule has 0 aliphatic rings. The lowest BCUT2D eigenvalue weighted by Crippen LogP contribution is -2.36. The number of rotatable bonds is 6. The van der Waals surface area contributed by atoms with E-state index in [0.29, 0.717) is 34.7 Å². The molecule has 0 saturated carbocycles. The molecule has 0 saturated heterocycles. The van der Waals surface area contributed by atoms with Crippen molar-refractivity contribution in [3.63, 3.8) is 0 Å². The summed E-state index contributed by atoms with van der Waals surface area (Å²) in [6.07, 6.45) is 0.615. The van der Waals surface area contributed by atoms with Crippen molar-refractivity contribution in [2.24, 2.45) is 11.7 Å². The maximum absolute atomic E-state index is 12.0. The number of amides is 1. The van der Waals surface area contributed by atoms with Crippen LogP contribution in [0.3, 0.4) is 0 Å². The number of carbonyl (C=O) groups is 2. The Labute approximate surface area is 133 Å². The van der Waals surface area contributed by atoms with Crippen LogP contribution in [0, 0.1) is 5.92 Å². The van der Waals surface area contributed by atoms with Crippen molar-refractivity contribution in [1.82, 2.24) is 0 Å². The molecule has 116 valence electrons. The second kappa shape index (κ2) is 8.14. The van der Waals surface area contributed by atoms with Crippen LogP contribution < -0.4 is 11.1 Å². The number of benzene rings is 1. The summed E-state index contributed by atoms with van der Waals surface area (Å²) in [5.41, 5.74) is 6.83.